The maximum atomic E-state index is 11.4. The summed E-state index contributed by atoms with van der Waals surface area (Å²) >= 11 is 1.53. The van der Waals surface area contributed by atoms with E-state index in [1.54, 1.807) is 0 Å². The first-order valence-electron chi connectivity index (χ1n) is 9.33. The first-order valence-corrected chi connectivity index (χ1v) is 10.2. The van der Waals surface area contributed by atoms with E-state index in [1.807, 2.05) is 36.4 Å². The van der Waals surface area contributed by atoms with Crippen LogP contribution in [0.25, 0.3) is 10.9 Å². The number of hydrogen-bond acceptors (Lipinski definition) is 5. The van der Waals surface area contributed by atoms with E-state index in [9.17, 15) is 9.90 Å². The fourth-order valence-electron chi connectivity index (χ4n) is 3.71. The summed E-state index contributed by atoms with van der Waals surface area (Å²) in [6.07, 6.45) is 1.31. The van der Waals surface area contributed by atoms with Crippen LogP contribution in [0.5, 0.6) is 5.88 Å². The van der Waals surface area contributed by atoms with Crippen LogP contribution < -0.4 is 10.5 Å². The van der Waals surface area contributed by atoms with Gasteiger partial charge in [0.1, 0.15) is 0 Å². The first kappa shape index (κ1) is 18.9. The van der Waals surface area contributed by atoms with Gasteiger partial charge in [0.25, 0.3) is 0 Å². The second-order valence-electron chi connectivity index (χ2n) is 6.95. The van der Waals surface area contributed by atoms with Crippen molar-refractivity contribution in [3.8, 4) is 5.88 Å². The van der Waals surface area contributed by atoms with Crippen LogP contribution in [0.3, 0.4) is 0 Å². The van der Waals surface area contributed by atoms with E-state index < -0.39 is 6.09 Å². The molecule has 6 nitrogen and oxygen atoms in total. The van der Waals surface area contributed by atoms with Crippen molar-refractivity contribution in [3.05, 3.63) is 54.1 Å². The highest BCUT2D eigenvalue weighted by molar-refractivity contribution is 7.99. The summed E-state index contributed by atoms with van der Waals surface area (Å²) in [5, 5.41) is 10.6. The number of ether oxygens (including phenoxy) is 1. The average Bonchev–Trinajstić information content (AvgIpc) is 3.27. The van der Waals surface area contributed by atoms with E-state index >= 15 is 0 Å². The molecular weight excluding hydrogens is 374 g/mol. The van der Waals surface area contributed by atoms with Crippen molar-refractivity contribution in [1.29, 1.82) is 0 Å². The number of aromatic nitrogens is 1. The van der Waals surface area contributed by atoms with E-state index in [0.717, 1.165) is 52.2 Å². The molecule has 1 amide bonds. The van der Waals surface area contributed by atoms with Gasteiger partial charge >= 0.3 is 6.09 Å². The van der Waals surface area contributed by atoms with E-state index in [1.165, 1.54) is 11.8 Å². The topological polar surface area (TPSA) is 91.6 Å². The lowest BCUT2D eigenvalue weighted by Gasteiger charge is -2.22. The highest BCUT2D eigenvalue weighted by Crippen LogP contribution is 2.41. The molecular formula is C21H23N3O3S. The van der Waals surface area contributed by atoms with Gasteiger partial charge in [0.2, 0.25) is 5.88 Å². The van der Waals surface area contributed by atoms with Gasteiger partial charge in [-0.3, -0.25) is 4.90 Å². The van der Waals surface area contributed by atoms with Crippen LogP contribution in [0.15, 0.2) is 58.3 Å². The van der Waals surface area contributed by atoms with Gasteiger partial charge in [-0.1, -0.05) is 36.0 Å². The lowest BCUT2D eigenvalue weighted by Crippen LogP contribution is -2.31. The van der Waals surface area contributed by atoms with Gasteiger partial charge in [0, 0.05) is 28.4 Å². The second kappa shape index (κ2) is 8.26. The number of rotatable bonds is 6. The molecule has 146 valence electrons. The van der Waals surface area contributed by atoms with Crippen LogP contribution in [0, 0.1) is 0 Å². The third-order valence-corrected chi connectivity index (χ3v) is 6.16. The zero-order valence-electron chi connectivity index (χ0n) is 15.4. The molecule has 0 saturated carbocycles. The lowest BCUT2D eigenvalue weighted by molar-refractivity contribution is 0.153. The van der Waals surface area contributed by atoms with Crippen molar-refractivity contribution in [3.63, 3.8) is 0 Å². The van der Waals surface area contributed by atoms with Crippen molar-refractivity contribution in [1.82, 2.24) is 9.88 Å². The van der Waals surface area contributed by atoms with Crippen LogP contribution in [0.2, 0.25) is 0 Å². The third kappa shape index (κ3) is 4.01. The fourth-order valence-corrected chi connectivity index (χ4v) is 4.71. The Bertz CT molecular complexity index is 974. The summed E-state index contributed by atoms with van der Waals surface area (Å²) in [4.78, 5) is 18.7. The van der Waals surface area contributed by atoms with Gasteiger partial charge in [-0.05, 0) is 49.2 Å². The number of aliphatic hydroxyl groups is 1. The molecule has 28 heavy (non-hydrogen) atoms. The molecule has 0 spiro atoms. The standard InChI is InChI=1S/C21H23N3O3S/c22-21(26)27-20-19(28-16-6-2-1-3-7-16)17-11-14(8-9-18(17)23-20)12-24-10-4-5-15(24)13-25/h1-3,6-9,11,15,23,25H,4-5,10,12-13H2,(H2,22,26). The number of H-pyrrole nitrogens is 1. The number of fused-ring (bicyclic) bond motifs is 1. The molecule has 1 fully saturated rings. The van der Waals surface area contributed by atoms with Gasteiger partial charge in [-0.2, -0.15) is 0 Å². The number of nitrogens with one attached hydrogen (secondary N) is 1. The first-order chi connectivity index (χ1) is 13.6. The Balaban J connectivity index is 1.69. The predicted octanol–water partition coefficient (Wildman–Crippen LogP) is 3.73. The average molecular weight is 398 g/mol. The number of primary amides is 1. The molecule has 0 radical (unpaired) electrons. The third-order valence-electron chi connectivity index (χ3n) is 5.04. The summed E-state index contributed by atoms with van der Waals surface area (Å²) in [5.74, 6) is 0.364. The second-order valence-corrected chi connectivity index (χ2v) is 8.03. The van der Waals surface area contributed by atoms with Gasteiger partial charge < -0.3 is 20.6 Å². The number of likely N-dealkylation sites (tertiary alicyclic amines) is 1. The summed E-state index contributed by atoms with van der Waals surface area (Å²) < 4.78 is 5.23. The molecule has 2 heterocycles. The number of amides is 1. The largest absolute Gasteiger partial charge is 0.411 e. The smallest absolute Gasteiger partial charge is 0.395 e. The number of carbonyl (C=O) groups is 1. The number of nitrogens with two attached hydrogens (primary N) is 1. The molecule has 3 aromatic rings. The molecule has 1 unspecified atom stereocenters. The highest BCUT2D eigenvalue weighted by atomic mass is 32.2. The Morgan fingerprint density at radius 3 is 2.86 bits per heavy atom. The van der Waals surface area contributed by atoms with Crippen LogP contribution in [-0.2, 0) is 6.54 Å². The Morgan fingerprint density at radius 1 is 1.29 bits per heavy atom. The monoisotopic (exact) mass is 397 g/mol. The van der Waals surface area contributed by atoms with Gasteiger partial charge in [0.15, 0.2) is 0 Å². The summed E-state index contributed by atoms with van der Waals surface area (Å²) in [6.45, 7) is 1.98. The zero-order chi connectivity index (χ0) is 19.5. The normalized spacial score (nSPS) is 17.2. The number of carbonyl (C=O) groups excluding carboxylic acids is 1. The van der Waals surface area contributed by atoms with Gasteiger partial charge in [-0.25, -0.2) is 4.79 Å². The number of aliphatic hydroxyl groups excluding tert-OH is 1. The summed E-state index contributed by atoms with van der Waals surface area (Å²) in [7, 11) is 0. The maximum Gasteiger partial charge on any atom is 0.411 e. The van der Waals surface area contributed by atoms with Crippen molar-refractivity contribution in [2.24, 2.45) is 5.73 Å². The lowest BCUT2D eigenvalue weighted by atomic mass is 10.1. The molecule has 4 rings (SSSR count). The Morgan fingerprint density at radius 2 is 2.11 bits per heavy atom. The van der Waals surface area contributed by atoms with Crippen LogP contribution in [0.1, 0.15) is 18.4 Å². The number of hydrogen-bond donors (Lipinski definition) is 3. The molecule has 1 aromatic heterocycles. The van der Waals surface area contributed by atoms with Crippen molar-refractivity contribution in [2.75, 3.05) is 13.2 Å². The minimum Gasteiger partial charge on any atom is -0.395 e. The molecule has 1 aliphatic heterocycles. The van der Waals surface area contributed by atoms with E-state index in [4.69, 9.17) is 10.5 Å². The maximum absolute atomic E-state index is 11.4. The Kier molecular flexibility index (Phi) is 5.57. The van der Waals surface area contributed by atoms with Gasteiger partial charge in [-0.15, -0.1) is 0 Å². The van der Waals surface area contributed by atoms with E-state index in [-0.39, 0.29) is 12.6 Å². The number of aromatic amines is 1. The van der Waals surface area contributed by atoms with E-state index in [0.29, 0.717) is 5.88 Å². The SMILES string of the molecule is NC(=O)Oc1[nH]c2ccc(CN3CCCC3CO)cc2c1Sc1ccccc1. The van der Waals surface area contributed by atoms with Gasteiger partial charge in [0.05, 0.1) is 11.5 Å². The van der Waals surface area contributed by atoms with Crippen LogP contribution >= 0.6 is 11.8 Å². The summed E-state index contributed by atoms with van der Waals surface area (Å²) in [6, 6.07) is 16.3. The van der Waals surface area contributed by atoms with Crippen molar-refractivity contribution in [2.45, 2.75) is 35.2 Å². The minimum atomic E-state index is -0.843. The Hall–Kier alpha value is -2.48. The molecule has 1 saturated heterocycles. The predicted molar refractivity (Wildman–Crippen MR) is 110 cm³/mol. The molecule has 4 N–H and O–H groups in total. The molecule has 1 aliphatic rings. The molecule has 1 atom stereocenters. The van der Waals surface area contributed by atoms with Crippen LogP contribution in [0.4, 0.5) is 4.79 Å². The molecule has 0 aliphatic carbocycles. The van der Waals surface area contributed by atoms with Crippen molar-refractivity contribution >= 4 is 28.8 Å². The Labute approximate surface area is 167 Å². The molecule has 7 heteroatoms. The fraction of sp³-hybridized carbons (Fsp3) is 0.286. The van der Waals surface area contributed by atoms with E-state index in [2.05, 4.69) is 22.0 Å². The number of nitrogens with zero attached hydrogens (tertiary/aromatic N) is 1. The molecule has 0 bridgehead atoms. The number of benzene rings is 2. The zero-order valence-corrected chi connectivity index (χ0v) is 16.2. The quantitative estimate of drug-likeness (QED) is 0.589. The minimum absolute atomic E-state index is 0.193. The summed E-state index contributed by atoms with van der Waals surface area (Å²) in [5.41, 5.74) is 7.30. The molecule has 2 aromatic carbocycles. The highest BCUT2D eigenvalue weighted by Gasteiger charge is 2.24. The van der Waals surface area contributed by atoms with Crippen molar-refractivity contribution < 1.29 is 14.6 Å². The van der Waals surface area contributed by atoms with Crippen LogP contribution in [-0.4, -0.2) is 40.3 Å².